The van der Waals surface area contributed by atoms with Crippen molar-refractivity contribution in [2.75, 3.05) is 12.4 Å². The summed E-state index contributed by atoms with van der Waals surface area (Å²) in [6.45, 7) is -0.182. The van der Waals surface area contributed by atoms with Crippen LogP contribution in [0.25, 0.3) is 0 Å². The van der Waals surface area contributed by atoms with E-state index in [1.165, 1.54) is 48.0 Å². The van der Waals surface area contributed by atoms with Gasteiger partial charge >= 0.3 is 11.8 Å². The molecule has 0 fully saturated rings. The molecule has 2 amide bonds. The van der Waals surface area contributed by atoms with Crippen molar-refractivity contribution in [3.8, 4) is 5.75 Å². The molecular formula is C28H23Cl3N4O6S. The topological polar surface area (TPSA) is 130 Å². The van der Waals surface area contributed by atoms with Crippen molar-refractivity contribution in [1.82, 2.24) is 9.73 Å². The van der Waals surface area contributed by atoms with Gasteiger partial charge in [0.1, 0.15) is 17.3 Å². The lowest BCUT2D eigenvalue weighted by Crippen LogP contribution is -2.32. The number of furan rings is 1. The van der Waals surface area contributed by atoms with E-state index in [9.17, 15) is 18.0 Å². The predicted molar refractivity (Wildman–Crippen MR) is 160 cm³/mol. The number of hydrogen-bond donors (Lipinski definition) is 2. The maximum absolute atomic E-state index is 13.6. The van der Waals surface area contributed by atoms with Crippen molar-refractivity contribution in [1.29, 1.82) is 0 Å². The van der Waals surface area contributed by atoms with E-state index < -0.39 is 21.8 Å². The lowest BCUT2D eigenvalue weighted by molar-refractivity contribution is -0.136. The molecule has 0 aliphatic rings. The third-order valence-electron chi connectivity index (χ3n) is 5.70. The number of anilines is 1. The van der Waals surface area contributed by atoms with Gasteiger partial charge in [0.05, 0.1) is 34.8 Å². The second-order valence-electron chi connectivity index (χ2n) is 8.66. The first kappa shape index (κ1) is 31.1. The van der Waals surface area contributed by atoms with Crippen LogP contribution in [0.4, 0.5) is 5.69 Å². The molecular weight excluding hydrogens is 627 g/mol. The third kappa shape index (κ3) is 8.11. The summed E-state index contributed by atoms with van der Waals surface area (Å²) in [4.78, 5) is 24.3. The molecule has 1 aromatic heterocycles. The minimum absolute atomic E-state index is 0.0373. The van der Waals surface area contributed by atoms with Crippen LogP contribution in [0.5, 0.6) is 5.75 Å². The first-order chi connectivity index (χ1) is 20.0. The number of rotatable bonds is 10. The SMILES string of the molecule is COc1cccc(NC(=O)C(=O)N/N=C/c2ccc(CN(Cc3ccc(Cl)c(Cl)c3)S(=O)(=O)c3ccc(Cl)cc3)o2)c1. The van der Waals surface area contributed by atoms with E-state index in [1.807, 2.05) is 0 Å². The van der Waals surface area contributed by atoms with Crippen LogP contribution >= 0.6 is 34.8 Å². The minimum atomic E-state index is -4.00. The van der Waals surface area contributed by atoms with Crippen LogP contribution in [0.3, 0.4) is 0 Å². The molecule has 0 aliphatic carbocycles. The van der Waals surface area contributed by atoms with Crippen LogP contribution in [-0.2, 0) is 32.7 Å². The molecule has 2 N–H and O–H groups in total. The zero-order valence-electron chi connectivity index (χ0n) is 21.9. The zero-order chi connectivity index (χ0) is 30.3. The molecule has 0 atom stereocenters. The second kappa shape index (κ2) is 13.9. The highest BCUT2D eigenvalue weighted by Crippen LogP contribution is 2.27. The van der Waals surface area contributed by atoms with Gasteiger partial charge in [-0.3, -0.25) is 9.59 Å². The molecule has 1 heterocycles. The van der Waals surface area contributed by atoms with Crippen LogP contribution in [-0.4, -0.2) is 37.9 Å². The fraction of sp³-hybridized carbons (Fsp3) is 0.107. The van der Waals surface area contributed by atoms with Gasteiger partial charge in [0.2, 0.25) is 10.0 Å². The first-order valence-electron chi connectivity index (χ1n) is 12.1. The molecule has 10 nitrogen and oxygen atoms in total. The number of amides is 2. The first-order valence-corrected chi connectivity index (χ1v) is 14.7. The Bertz CT molecular complexity index is 1730. The quantitative estimate of drug-likeness (QED) is 0.128. The Morgan fingerprint density at radius 1 is 0.929 bits per heavy atom. The summed E-state index contributed by atoms with van der Waals surface area (Å²) < 4.78 is 39.1. The Morgan fingerprint density at radius 3 is 2.40 bits per heavy atom. The Balaban J connectivity index is 1.45. The number of halogens is 3. The van der Waals surface area contributed by atoms with Gasteiger partial charge < -0.3 is 14.5 Å². The highest BCUT2D eigenvalue weighted by Gasteiger charge is 2.26. The summed E-state index contributed by atoms with van der Waals surface area (Å²) in [7, 11) is -2.52. The molecule has 0 saturated carbocycles. The van der Waals surface area contributed by atoms with Gasteiger partial charge in [0, 0.05) is 23.3 Å². The van der Waals surface area contributed by atoms with Crippen molar-refractivity contribution in [2.45, 2.75) is 18.0 Å². The third-order valence-corrected chi connectivity index (χ3v) is 8.50. The summed E-state index contributed by atoms with van der Waals surface area (Å²) in [5.74, 6) is -0.946. The van der Waals surface area contributed by atoms with Crippen LogP contribution in [0, 0.1) is 0 Å². The van der Waals surface area contributed by atoms with Crippen molar-refractivity contribution in [2.24, 2.45) is 5.10 Å². The van der Waals surface area contributed by atoms with E-state index in [1.54, 1.807) is 48.5 Å². The van der Waals surface area contributed by atoms with E-state index >= 15 is 0 Å². The van der Waals surface area contributed by atoms with Gasteiger partial charge in [-0.1, -0.05) is 46.9 Å². The monoisotopic (exact) mass is 648 g/mol. The van der Waals surface area contributed by atoms with E-state index in [0.717, 1.165) is 0 Å². The van der Waals surface area contributed by atoms with Gasteiger partial charge in [-0.2, -0.15) is 9.41 Å². The number of nitrogens with zero attached hydrogens (tertiary/aromatic N) is 2. The Kier molecular flexibility index (Phi) is 10.3. The number of methoxy groups -OCH3 is 1. The minimum Gasteiger partial charge on any atom is -0.497 e. The van der Waals surface area contributed by atoms with Gasteiger partial charge in [-0.15, -0.1) is 0 Å². The molecule has 0 aliphatic heterocycles. The average molecular weight is 650 g/mol. The second-order valence-corrected chi connectivity index (χ2v) is 11.9. The van der Waals surface area contributed by atoms with Gasteiger partial charge in [0.25, 0.3) is 0 Å². The maximum atomic E-state index is 13.6. The number of nitrogens with one attached hydrogen (secondary N) is 2. The summed E-state index contributed by atoms with van der Waals surface area (Å²) >= 11 is 18.1. The van der Waals surface area contributed by atoms with Gasteiger partial charge in [0.15, 0.2) is 0 Å². The number of hydrazone groups is 1. The molecule has 0 saturated heterocycles. The molecule has 4 rings (SSSR count). The van der Waals surface area contributed by atoms with Gasteiger partial charge in [-0.25, -0.2) is 13.8 Å². The van der Waals surface area contributed by atoms with Gasteiger partial charge in [-0.05, 0) is 66.2 Å². The number of benzene rings is 3. The normalized spacial score (nSPS) is 11.5. The number of carbonyl (C=O) groups is 2. The fourth-order valence-corrected chi connectivity index (χ4v) is 5.48. The zero-order valence-corrected chi connectivity index (χ0v) is 25.0. The van der Waals surface area contributed by atoms with Crippen LogP contribution < -0.4 is 15.5 Å². The molecule has 4 aromatic rings. The molecule has 0 bridgehead atoms. The van der Waals surface area contributed by atoms with Crippen molar-refractivity contribution >= 4 is 68.5 Å². The lowest BCUT2D eigenvalue weighted by Gasteiger charge is -2.22. The number of ether oxygens (including phenoxy) is 1. The highest BCUT2D eigenvalue weighted by atomic mass is 35.5. The molecule has 218 valence electrons. The van der Waals surface area contributed by atoms with Crippen molar-refractivity contribution < 1.29 is 27.2 Å². The largest absolute Gasteiger partial charge is 0.497 e. The van der Waals surface area contributed by atoms with Crippen molar-refractivity contribution in [3.05, 3.63) is 111 Å². The lowest BCUT2D eigenvalue weighted by atomic mass is 10.2. The van der Waals surface area contributed by atoms with E-state index in [0.29, 0.717) is 27.0 Å². The number of sulfonamides is 1. The Morgan fingerprint density at radius 2 is 1.69 bits per heavy atom. The summed E-state index contributed by atoms with van der Waals surface area (Å²) in [6, 6.07) is 20.2. The van der Waals surface area contributed by atoms with E-state index in [4.69, 9.17) is 44.0 Å². The predicted octanol–water partition coefficient (Wildman–Crippen LogP) is 5.73. The maximum Gasteiger partial charge on any atom is 0.329 e. The van der Waals surface area contributed by atoms with E-state index in [2.05, 4.69) is 15.8 Å². The molecule has 14 heteroatoms. The Labute approximate surface area is 256 Å². The number of carbonyl (C=O) groups excluding carboxylic acids is 2. The molecule has 42 heavy (non-hydrogen) atoms. The fourth-order valence-electron chi connectivity index (χ4n) is 3.64. The molecule has 3 aromatic carbocycles. The Hall–Kier alpha value is -3.87. The average Bonchev–Trinajstić information content (AvgIpc) is 3.42. The van der Waals surface area contributed by atoms with Crippen LogP contribution in [0.15, 0.2) is 93.3 Å². The molecule has 0 radical (unpaired) electrons. The van der Waals surface area contributed by atoms with Crippen LogP contribution in [0.1, 0.15) is 17.1 Å². The summed E-state index contributed by atoms with van der Waals surface area (Å²) in [6.07, 6.45) is 1.18. The molecule has 0 spiro atoms. The van der Waals surface area contributed by atoms with Crippen LogP contribution in [0.2, 0.25) is 15.1 Å². The van der Waals surface area contributed by atoms with E-state index in [-0.39, 0.29) is 34.5 Å². The number of hydrogen-bond acceptors (Lipinski definition) is 7. The summed E-state index contributed by atoms with van der Waals surface area (Å²) in [5, 5.41) is 7.20. The summed E-state index contributed by atoms with van der Waals surface area (Å²) in [5.41, 5.74) is 3.08. The smallest absolute Gasteiger partial charge is 0.329 e. The standard InChI is InChI=1S/C28H23Cl3N4O6S/c1-40-21-4-2-3-20(14-21)33-27(36)28(37)34-32-15-22-8-9-23(41-22)17-35(16-18-5-12-25(30)26(31)13-18)42(38,39)24-10-6-19(29)7-11-24/h2-15H,16-17H2,1H3,(H,33,36)(H,34,37)/b32-15+. The van der Waals surface area contributed by atoms with Crippen molar-refractivity contribution in [3.63, 3.8) is 0 Å². The highest BCUT2D eigenvalue weighted by molar-refractivity contribution is 7.89. The molecule has 0 unspecified atom stereocenters.